The van der Waals surface area contributed by atoms with Crippen molar-refractivity contribution in [3.8, 4) is 5.75 Å². The highest BCUT2D eigenvalue weighted by molar-refractivity contribution is 5.95. The Hall–Kier alpha value is -1.65. The fourth-order valence-electron chi connectivity index (χ4n) is 1.11. The molecule has 0 aromatic carbocycles. The van der Waals surface area contributed by atoms with Gasteiger partial charge in [0.15, 0.2) is 11.6 Å². The van der Waals surface area contributed by atoms with Gasteiger partial charge in [-0.05, 0) is 12.8 Å². The molecule has 0 atom stereocenters. The van der Waals surface area contributed by atoms with Crippen LogP contribution in [0.2, 0.25) is 0 Å². The minimum absolute atomic E-state index is 0.0803. The largest absolute Gasteiger partial charge is 0.488 e. The van der Waals surface area contributed by atoms with Crippen LogP contribution in [0.25, 0.3) is 0 Å². The maximum absolute atomic E-state index is 13.1. The van der Waals surface area contributed by atoms with Gasteiger partial charge in [-0.3, -0.25) is 9.78 Å². The maximum atomic E-state index is 13.1. The Labute approximate surface area is 79.9 Å². The average molecular weight is 196 g/mol. The van der Waals surface area contributed by atoms with Gasteiger partial charge >= 0.3 is 0 Å². The van der Waals surface area contributed by atoms with E-state index in [9.17, 15) is 9.18 Å². The fourth-order valence-corrected chi connectivity index (χ4v) is 1.11. The van der Waals surface area contributed by atoms with Crippen LogP contribution < -0.4 is 10.5 Å². The highest BCUT2D eigenvalue weighted by Crippen LogP contribution is 2.29. The molecule has 1 aromatic heterocycles. The number of nitrogens with two attached hydrogens (primary N) is 1. The van der Waals surface area contributed by atoms with E-state index in [0.717, 1.165) is 19.0 Å². The second-order valence-corrected chi connectivity index (χ2v) is 3.18. The minimum atomic E-state index is -0.833. The predicted octanol–water partition coefficient (Wildman–Crippen LogP) is 0.861. The zero-order valence-corrected chi connectivity index (χ0v) is 7.37. The molecule has 0 aliphatic heterocycles. The molecule has 74 valence electrons. The van der Waals surface area contributed by atoms with Gasteiger partial charge in [-0.1, -0.05) is 0 Å². The molecular weight excluding hydrogens is 187 g/mol. The third kappa shape index (κ3) is 1.66. The summed E-state index contributed by atoms with van der Waals surface area (Å²) in [5.41, 5.74) is 4.81. The van der Waals surface area contributed by atoms with Crippen LogP contribution in [-0.2, 0) is 0 Å². The number of aromatic nitrogens is 1. The number of primary amides is 1. The van der Waals surface area contributed by atoms with Crippen molar-refractivity contribution in [2.24, 2.45) is 5.73 Å². The number of carbonyl (C=O) groups is 1. The Kier molecular flexibility index (Phi) is 2.07. The first-order valence-corrected chi connectivity index (χ1v) is 4.28. The second-order valence-electron chi connectivity index (χ2n) is 3.18. The van der Waals surface area contributed by atoms with Crippen LogP contribution in [0.1, 0.15) is 23.2 Å². The molecule has 1 aliphatic carbocycles. The Bertz CT molecular complexity index is 377. The van der Waals surface area contributed by atoms with E-state index >= 15 is 0 Å². The standard InChI is InChI=1S/C9H9FN2O2/c10-6-3-12-4-7(8(6)9(11)13)14-5-1-2-5/h3-5H,1-2H2,(H2,11,13). The van der Waals surface area contributed by atoms with Crippen molar-refractivity contribution in [3.63, 3.8) is 0 Å². The molecule has 4 nitrogen and oxygen atoms in total. The van der Waals surface area contributed by atoms with E-state index in [1.54, 1.807) is 0 Å². The van der Waals surface area contributed by atoms with Gasteiger partial charge in [0.2, 0.25) is 0 Å². The molecule has 1 heterocycles. The third-order valence-corrected chi connectivity index (χ3v) is 1.93. The molecule has 0 saturated heterocycles. The predicted molar refractivity (Wildman–Crippen MR) is 46.4 cm³/mol. The van der Waals surface area contributed by atoms with Crippen LogP contribution in [0.4, 0.5) is 4.39 Å². The number of pyridine rings is 1. The summed E-state index contributed by atoms with van der Waals surface area (Å²) >= 11 is 0. The van der Waals surface area contributed by atoms with Gasteiger partial charge in [0.25, 0.3) is 5.91 Å². The topological polar surface area (TPSA) is 65.2 Å². The van der Waals surface area contributed by atoms with Gasteiger partial charge in [-0.2, -0.15) is 0 Å². The number of nitrogens with zero attached hydrogens (tertiary/aromatic N) is 1. The number of ether oxygens (including phenoxy) is 1. The molecule has 0 bridgehead atoms. The molecule has 0 radical (unpaired) electrons. The van der Waals surface area contributed by atoms with E-state index in [4.69, 9.17) is 10.5 Å². The van der Waals surface area contributed by atoms with E-state index in [2.05, 4.69) is 4.98 Å². The smallest absolute Gasteiger partial charge is 0.255 e. The number of hydrogen-bond donors (Lipinski definition) is 1. The lowest BCUT2D eigenvalue weighted by Gasteiger charge is -2.07. The first kappa shape index (κ1) is 8.93. The van der Waals surface area contributed by atoms with Crippen molar-refractivity contribution in [2.75, 3.05) is 0 Å². The summed E-state index contributed by atoms with van der Waals surface area (Å²) < 4.78 is 18.4. The van der Waals surface area contributed by atoms with E-state index < -0.39 is 11.7 Å². The number of rotatable bonds is 3. The van der Waals surface area contributed by atoms with Crippen LogP contribution in [0, 0.1) is 5.82 Å². The lowest BCUT2D eigenvalue weighted by atomic mass is 10.2. The first-order chi connectivity index (χ1) is 6.68. The zero-order valence-electron chi connectivity index (χ0n) is 7.37. The Morgan fingerprint density at radius 2 is 2.29 bits per heavy atom. The number of hydrogen-bond acceptors (Lipinski definition) is 3. The molecule has 1 aliphatic rings. The summed E-state index contributed by atoms with van der Waals surface area (Å²) in [7, 11) is 0. The first-order valence-electron chi connectivity index (χ1n) is 4.28. The third-order valence-electron chi connectivity index (χ3n) is 1.93. The quantitative estimate of drug-likeness (QED) is 0.779. The molecule has 1 saturated carbocycles. The van der Waals surface area contributed by atoms with E-state index in [1.165, 1.54) is 6.20 Å². The molecule has 1 aromatic rings. The lowest BCUT2D eigenvalue weighted by Crippen LogP contribution is -2.16. The van der Waals surface area contributed by atoms with Gasteiger partial charge in [0, 0.05) is 0 Å². The summed E-state index contributed by atoms with van der Waals surface area (Å²) in [5.74, 6) is -1.43. The number of amides is 1. The number of carbonyl (C=O) groups excluding carboxylic acids is 1. The molecule has 0 spiro atoms. The number of halogens is 1. The van der Waals surface area contributed by atoms with Crippen LogP contribution in [0.5, 0.6) is 5.75 Å². The van der Waals surface area contributed by atoms with Crippen LogP contribution in [0.15, 0.2) is 12.4 Å². The molecule has 14 heavy (non-hydrogen) atoms. The SMILES string of the molecule is NC(=O)c1c(F)cncc1OC1CC1. The van der Waals surface area contributed by atoms with Gasteiger partial charge < -0.3 is 10.5 Å². The molecule has 1 amide bonds. The van der Waals surface area contributed by atoms with Crippen LogP contribution in [-0.4, -0.2) is 17.0 Å². The summed E-state index contributed by atoms with van der Waals surface area (Å²) in [6.45, 7) is 0. The van der Waals surface area contributed by atoms with Crippen molar-refractivity contribution < 1.29 is 13.9 Å². The van der Waals surface area contributed by atoms with Gasteiger partial charge in [-0.15, -0.1) is 0 Å². The van der Waals surface area contributed by atoms with Gasteiger partial charge in [-0.25, -0.2) is 4.39 Å². The maximum Gasteiger partial charge on any atom is 0.255 e. The lowest BCUT2D eigenvalue weighted by molar-refractivity contribution is 0.0991. The Balaban J connectivity index is 2.35. The molecule has 0 unspecified atom stereocenters. The average Bonchev–Trinajstić information content (AvgIpc) is 2.87. The summed E-state index contributed by atoms with van der Waals surface area (Å²) in [6, 6.07) is 0. The second kappa shape index (κ2) is 3.25. The fraction of sp³-hybridized carbons (Fsp3) is 0.333. The highest BCUT2D eigenvalue weighted by Gasteiger charge is 2.26. The van der Waals surface area contributed by atoms with Crippen molar-refractivity contribution in [1.82, 2.24) is 4.98 Å². The molecule has 1 fully saturated rings. The van der Waals surface area contributed by atoms with Gasteiger partial charge in [0.05, 0.1) is 18.5 Å². The van der Waals surface area contributed by atoms with Crippen molar-refractivity contribution in [1.29, 1.82) is 0 Å². The van der Waals surface area contributed by atoms with E-state index in [1.807, 2.05) is 0 Å². The molecule has 2 rings (SSSR count). The van der Waals surface area contributed by atoms with Crippen LogP contribution >= 0.6 is 0 Å². The summed E-state index contributed by atoms with van der Waals surface area (Å²) in [6.07, 6.45) is 4.18. The monoisotopic (exact) mass is 196 g/mol. The van der Waals surface area contributed by atoms with Crippen molar-refractivity contribution in [3.05, 3.63) is 23.8 Å². The molecular formula is C9H9FN2O2. The van der Waals surface area contributed by atoms with E-state index in [0.29, 0.717) is 0 Å². The van der Waals surface area contributed by atoms with Crippen molar-refractivity contribution >= 4 is 5.91 Å². The van der Waals surface area contributed by atoms with Gasteiger partial charge in [0.1, 0.15) is 5.56 Å². The Morgan fingerprint density at radius 3 is 2.86 bits per heavy atom. The highest BCUT2D eigenvalue weighted by atomic mass is 19.1. The van der Waals surface area contributed by atoms with E-state index in [-0.39, 0.29) is 17.4 Å². The Morgan fingerprint density at radius 1 is 1.57 bits per heavy atom. The zero-order chi connectivity index (χ0) is 10.1. The van der Waals surface area contributed by atoms with Crippen LogP contribution in [0.3, 0.4) is 0 Å². The van der Waals surface area contributed by atoms with Crippen molar-refractivity contribution in [2.45, 2.75) is 18.9 Å². The molecule has 5 heteroatoms. The minimum Gasteiger partial charge on any atom is -0.488 e. The molecule has 2 N–H and O–H groups in total. The summed E-state index contributed by atoms with van der Waals surface area (Å²) in [4.78, 5) is 14.5. The normalized spacial score (nSPS) is 15.2. The summed E-state index contributed by atoms with van der Waals surface area (Å²) in [5, 5.41) is 0.